The van der Waals surface area contributed by atoms with Crippen LogP contribution in [0.2, 0.25) is 6.04 Å². The second-order valence-electron chi connectivity index (χ2n) is 7.45. The first-order valence-electron chi connectivity index (χ1n) is 11.0. The predicted octanol–water partition coefficient (Wildman–Crippen LogP) is 0.133. The largest absolute Gasteiger partial charge is 0.500 e. The molecule has 16 heteroatoms. The van der Waals surface area contributed by atoms with Gasteiger partial charge in [0.1, 0.15) is 0 Å². The fraction of sp³-hybridized carbons (Fsp3) is 0.667. The number of nitrogens with zero attached hydrogens (tertiary/aromatic N) is 7. The van der Waals surface area contributed by atoms with E-state index in [0.717, 1.165) is 38.6 Å². The summed E-state index contributed by atoms with van der Waals surface area (Å²) >= 11 is 0. The van der Waals surface area contributed by atoms with Crippen LogP contribution in [0.4, 0.5) is 35.7 Å². The molecule has 0 aliphatic rings. The lowest BCUT2D eigenvalue weighted by atomic mass is 10.2. The molecule has 0 amide bonds. The van der Waals surface area contributed by atoms with Crippen molar-refractivity contribution in [3.63, 3.8) is 0 Å². The molecule has 190 valence electrons. The van der Waals surface area contributed by atoms with Gasteiger partial charge in [-0.2, -0.15) is 29.9 Å². The Bertz CT molecular complexity index is 840. The van der Waals surface area contributed by atoms with Gasteiger partial charge in [-0.15, -0.1) is 0 Å². The average Bonchev–Trinajstić information content (AvgIpc) is 2.79. The molecule has 0 unspecified atom stereocenters. The summed E-state index contributed by atoms with van der Waals surface area (Å²) in [6, 6.07) is 0.654. The molecule has 0 fully saturated rings. The fourth-order valence-electron chi connectivity index (χ4n) is 3.36. The molecular weight excluding hydrogens is 460 g/mol. The first kappa shape index (κ1) is 27.2. The molecule has 2 rings (SSSR count). The van der Waals surface area contributed by atoms with E-state index < -0.39 is 8.80 Å². The van der Waals surface area contributed by atoms with Crippen molar-refractivity contribution < 1.29 is 13.3 Å². The minimum Gasteiger partial charge on any atom is -0.377 e. The Labute approximate surface area is 200 Å². The maximum absolute atomic E-state index is 5.78. The first-order valence-corrected chi connectivity index (χ1v) is 12.9. The van der Waals surface area contributed by atoms with Gasteiger partial charge in [-0.3, -0.25) is 0 Å². The summed E-state index contributed by atoms with van der Waals surface area (Å²) < 4.78 is 16.5. The number of nitrogens with one attached hydrogen (secondary N) is 1. The van der Waals surface area contributed by atoms with Crippen LogP contribution in [0.3, 0.4) is 0 Å². The summed E-state index contributed by atoms with van der Waals surface area (Å²) in [7, 11) is 2.14. The lowest BCUT2D eigenvalue weighted by Crippen LogP contribution is -2.43. The van der Waals surface area contributed by atoms with Gasteiger partial charge in [0.2, 0.25) is 35.7 Å². The Kier molecular flexibility index (Phi) is 10.9. The topological polar surface area (TPSA) is 224 Å². The lowest BCUT2D eigenvalue weighted by Gasteiger charge is -2.27. The van der Waals surface area contributed by atoms with Gasteiger partial charge in [-0.1, -0.05) is 12.8 Å². The Morgan fingerprint density at radius 3 is 1.74 bits per heavy atom. The van der Waals surface area contributed by atoms with Crippen molar-refractivity contribution in [2.45, 2.75) is 38.1 Å². The van der Waals surface area contributed by atoms with Gasteiger partial charge in [0.15, 0.2) is 0 Å². The first-order chi connectivity index (χ1) is 16.3. The Hall–Kier alpha value is -3.08. The molecule has 0 spiro atoms. The number of nitrogen functional groups attached to an aromatic ring is 4. The van der Waals surface area contributed by atoms with Crippen LogP contribution in [0, 0.1) is 0 Å². The van der Waals surface area contributed by atoms with Crippen LogP contribution in [0.5, 0.6) is 0 Å². The molecule has 0 radical (unpaired) electrons. The highest BCUT2D eigenvalue weighted by Gasteiger charge is 2.37. The summed E-state index contributed by atoms with van der Waals surface area (Å²) in [6.45, 7) is 2.10. The number of anilines is 6. The van der Waals surface area contributed by atoms with E-state index in [0.29, 0.717) is 31.0 Å². The Morgan fingerprint density at radius 1 is 0.676 bits per heavy atom. The van der Waals surface area contributed by atoms with E-state index in [4.69, 9.17) is 36.2 Å². The van der Waals surface area contributed by atoms with Gasteiger partial charge in [0.25, 0.3) is 0 Å². The lowest BCUT2D eigenvalue weighted by molar-refractivity contribution is 0.123. The predicted molar refractivity (Wildman–Crippen MR) is 133 cm³/mol. The van der Waals surface area contributed by atoms with E-state index >= 15 is 0 Å². The minimum atomic E-state index is -2.66. The number of hydrogen-bond donors (Lipinski definition) is 5. The maximum Gasteiger partial charge on any atom is 0.500 e. The maximum atomic E-state index is 5.78. The molecule has 9 N–H and O–H groups in total. The number of hydrogen-bond acceptors (Lipinski definition) is 15. The molecule has 15 nitrogen and oxygen atoms in total. The van der Waals surface area contributed by atoms with Crippen LogP contribution in [-0.2, 0) is 13.3 Å². The molecule has 34 heavy (non-hydrogen) atoms. The molecule has 0 aliphatic heterocycles. The second-order valence-corrected chi connectivity index (χ2v) is 10.5. The smallest absolute Gasteiger partial charge is 0.377 e. The van der Waals surface area contributed by atoms with Crippen LogP contribution < -0.4 is 33.2 Å². The highest BCUT2D eigenvalue weighted by molar-refractivity contribution is 6.60. The van der Waals surface area contributed by atoms with Crippen LogP contribution >= 0.6 is 0 Å². The average molecular weight is 497 g/mol. The van der Waals surface area contributed by atoms with Gasteiger partial charge in [0, 0.05) is 47.0 Å². The van der Waals surface area contributed by atoms with E-state index in [1.165, 1.54) is 0 Å². The minimum absolute atomic E-state index is 0.0903. The molecule has 0 saturated heterocycles. The molecule has 2 aromatic heterocycles. The summed E-state index contributed by atoms with van der Waals surface area (Å²) in [6.07, 6.45) is 4.63. The quantitative estimate of drug-likeness (QED) is 0.154. The van der Waals surface area contributed by atoms with E-state index in [9.17, 15) is 0 Å². The zero-order chi connectivity index (χ0) is 25.0. The molecule has 0 aromatic carbocycles. The van der Waals surface area contributed by atoms with Crippen molar-refractivity contribution in [1.29, 1.82) is 0 Å². The van der Waals surface area contributed by atoms with Crippen LogP contribution in [0.15, 0.2) is 0 Å². The second kappa shape index (κ2) is 13.6. The monoisotopic (exact) mass is 496 g/mol. The number of rotatable bonds is 16. The van der Waals surface area contributed by atoms with E-state index in [1.807, 2.05) is 4.90 Å². The summed E-state index contributed by atoms with van der Waals surface area (Å²) in [5.74, 6) is 1.20. The zero-order valence-electron chi connectivity index (χ0n) is 20.0. The normalized spacial score (nSPS) is 11.5. The van der Waals surface area contributed by atoms with Crippen LogP contribution in [-0.4, -0.2) is 79.7 Å². The van der Waals surface area contributed by atoms with Crippen molar-refractivity contribution in [1.82, 2.24) is 29.9 Å². The number of aromatic nitrogens is 6. The standard InChI is InChI=1S/C18H36N12O3Si/c1-31-34(32-2,33-3)12-8-11-30(18-28-15(21)25-16(22)29-18)10-7-5-4-6-9-23-17-26-13(19)24-14(20)27-17/h4-12H2,1-3H3,(H4,21,22,25,28,29)(H5,19,20,23,24,26,27). The molecule has 2 heterocycles. The fourth-order valence-corrected chi connectivity index (χ4v) is 5.07. The molecule has 2 aromatic rings. The van der Waals surface area contributed by atoms with E-state index in [2.05, 4.69) is 35.2 Å². The molecule has 0 bridgehead atoms. The molecule has 0 atom stereocenters. The SMILES string of the molecule is CO[Si](CCCN(CCCCCCNc1nc(N)nc(N)n1)c1nc(N)nc(N)n1)(OC)OC. The molecule has 0 saturated carbocycles. The van der Waals surface area contributed by atoms with Crippen LogP contribution in [0.25, 0.3) is 0 Å². The van der Waals surface area contributed by atoms with Crippen molar-refractivity contribution in [3.05, 3.63) is 0 Å². The van der Waals surface area contributed by atoms with E-state index in [-0.39, 0.29) is 23.8 Å². The third kappa shape index (κ3) is 8.69. The van der Waals surface area contributed by atoms with E-state index in [1.54, 1.807) is 21.3 Å². The Balaban J connectivity index is 1.83. The Morgan fingerprint density at radius 2 is 1.18 bits per heavy atom. The van der Waals surface area contributed by atoms with Crippen LogP contribution in [0.1, 0.15) is 32.1 Å². The summed E-state index contributed by atoms with van der Waals surface area (Å²) in [5.41, 5.74) is 22.7. The number of unbranched alkanes of at least 4 members (excludes halogenated alkanes) is 3. The molecular formula is C18H36N12O3Si. The highest BCUT2D eigenvalue weighted by Crippen LogP contribution is 2.18. The third-order valence-corrected chi connectivity index (χ3v) is 7.92. The van der Waals surface area contributed by atoms with Gasteiger partial charge >= 0.3 is 8.80 Å². The van der Waals surface area contributed by atoms with Gasteiger partial charge in [-0.05, 0) is 19.3 Å². The number of nitrogens with two attached hydrogens (primary N) is 4. The van der Waals surface area contributed by atoms with Crippen molar-refractivity contribution >= 4 is 44.5 Å². The van der Waals surface area contributed by atoms with Gasteiger partial charge in [0.05, 0.1) is 0 Å². The highest BCUT2D eigenvalue weighted by atomic mass is 28.4. The molecule has 0 aliphatic carbocycles. The van der Waals surface area contributed by atoms with Gasteiger partial charge < -0.3 is 46.4 Å². The summed E-state index contributed by atoms with van der Waals surface area (Å²) in [5, 5.41) is 3.10. The zero-order valence-corrected chi connectivity index (χ0v) is 21.0. The van der Waals surface area contributed by atoms with Crippen molar-refractivity contribution in [2.24, 2.45) is 0 Å². The van der Waals surface area contributed by atoms with Crippen molar-refractivity contribution in [3.8, 4) is 0 Å². The van der Waals surface area contributed by atoms with Gasteiger partial charge in [-0.25, -0.2) is 0 Å². The third-order valence-electron chi connectivity index (χ3n) is 5.09. The van der Waals surface area contributed by atoms with Crippen molar-refractivity contribution in [2.75, 3.05) is 74.1 Å². The summed E-state index contributed by atoms with van der Waals surface area (Å²) in [4.78, 5) is 26.2.